The van der Waals surface area contributed by atoms with E-state index in [1.165, 1.54) is 25.7 Å². The topological polar surface area (TPSA) is 43.1 Å². The van der Waals surface area contributed by atoms with E-state index in [0.717, 1.165) is 24.1 Å². The summed E-state index contributed by atoms with van der Waals surface area (Å²) in [5.74, 6) is 0.715. The van der Waals surface area contributed by atoms with Gasteiger partial charge in [0.25, 0.3) is 0 Å². The van der Waals surface area contributed by atoms with Gasteiger partial charge in [-0.1, -0.05) is 37.8 Å². The first-order valence-electron chi connectivity index (χ1n) is 6.63. The fourth-order valence-electron chi connectivity index (χ4n) is 2.58. The highest BCUT2D eigenvalue weighted by molar-refractivity contribution is 5.83. The van der Waals surface area contributed by atoms with Crippen molar-refractivity contribution in [3.63, 3.8) is 0 Å². The lowest BCUT2D eigenvalue weighted by molar-refractivity contribution is -0.122. The molecule has 1 aromatic carbocycles. The van der Waals surface area contributed by atoms with Crippen molar-refractivity contribution in [1.82, 2.24) is 0 Å². The second kappa shape index (κ2) is 5.85. The van der Waals surface area contributed by atoms with Crippen LogP contribution in [0.4, 0.5) is 5.69 Å². The van der Waals surface area contributed by atoms with E-state index in [0.29, 0.717) is 18.1 Å². The molecular formula is C15H21NO. The summed E-state index contributed by atoms with van der Waals surface area (Å²) >= 11 is 0. The van der Waals surface area contributed by atoms with Gasteiger partial charge in [0.1, 0.15) is 5.78 Å². The Morgan fingerprint density at radius 2 is 1.65 bits per heavy atom. The first kappa shape index (κ1) is 12.2. The average molecular weight is 231 g/mol. The molecule has 0 radical (unpaired) electrons. The van der Waals surface area contributed by atoms with Crippen molar-refractivity contribution in [2.75, 3.05) is 5.73 Å². The Hall–Kier alpha value is -1.31. The highest BCUT2D eigenvalue weighted by Crippen LogP contribution is 2.24. The molecule has 2 nitrogen and oxygen atoms in total. The smallest absolute Gasteiger partial charge is 0.140 e. The molecule has 17 heavy (non-hydrogen) atoms. The SMILES string of the molecule is Nc1ccc(CC(=O)C2CCCCCC2)cc1. The first-order valence-corrected chi connectivity index (χ1v) is 6.63. The minimum Gasteiger partial charge on any atom is -0.399 e. The molecule has 0 atom stereocenters. The van der Waals surface area contributed by atoms with Crippen LogP contribution in [0, 0.1) is 5.92 Å². The summed E-state index contributed by atoms with van der Waals surface area (Å²) in [6.45, 7) is 0. The van der Waals surface area contributed by atoms with Crippen LogP contribution in [0.25, 0.3) is 0 Å². The Morgan fingerprint density at radius 3 is 2.24 bits per heavy atom. The maximum Gasteiger partial charge on any atom is 0.140 e. The van der Waals surface area contributed by atoms with Gasteiger partial charge >= 0.3 is 0 Å². The number of hydrogen-bond donors (Lipinski definition) is 1. The zero-order valence-electron chi connectivity index (χ0n) is 10.3. The molecule has 1 aliphatic carbocycles. The molecule has 1 aliphatic rings. The van der Waals surface area contributed by atoms with Gasteiger partial charge in [-0.25, -0.2) is 0 Å². The number of carbonyl (C=O) groups excluding carboxylic acids is 1. The molecule has 1 fully saturated rings. The zero-order valence-corrected chi connectivity index (χ0v) is 10.3. The number of nitrogens with two attached hydrogens (primary N) is 1. The van der Waals surface area contributed by atoms with E-state index in [1.807, 2.05) is 24.3 Å². The van der Waals surface area contributed by atoms with Gasteiger partial charge in [0.2, 0.25) is 0 Å². The molecule has 0 heterocycles. The molecular weight excluding hydrogens is 210 g/mol. The second-order valence-electron chi connectivity index (χ2n) is 5.07. The summed E-state index contributed by atoms with van der Waals surface area (Å²) in [6.07, 6.45) is 7.79. The average Bonchev–Trinajstić information content (AvgIpc) is 2.61. The summed E-state index contributed by atoms with van der Waals surface area (Å²) in [5.41, 5.74) is 7.49. The zero-order chi connectivity index (χ0) is 12.1. The highest BCUT2D eigenvalue weighted by atomic mass is 16.1. The van der Waals surface area contributed by atoms with Gasteiger partial charge in [-0.15, -0.1) is 0 Å². The van der Waals surface area contributed by atoms with Crippen LogP contribution in [0.2, 0.25) is 0 Å². The Labute approximate surface area is 103 Å². The van der Waals surface area contributed by atoms with E-state index in [9.17, 15) is 4.79 Å². The molecule has 0 unspecified atom stereocenters. The largest absolute Gasteiger partial charge is 0.399 e. The third kappa shape index (κ3) is 3.58. The Kier molecular flexibility index (Phi) is 4.18. The highest BCUT2D eigenvalue weighted by Gasteiger charge is 2.19. The standard InChI is InChI=1S/C15H21NO/c16-14-9-7-12(8-10-14)11-15(17)13-5-3-1-2-4-6-13/h7-10,13H,1-6,11,16H2. The van der Waals surface area contributed by atoms with Crippen LogP contribution in [0.15, 0.2) is 24.3 Å². The van der Waals surface area contributed by atoms with Gasteiger partial charge < -0.3 is 5.73 Å². The Morgan fingerprint density at radius 1 is 1.06 bits per heavy atom. The quantitative estimate of drug-likeness (QED) is 0.640. The van der Waals surface area contributed by atoms with E-state index in [1.54, 1.807) is 0 Å². The number of nitrogen functional groups attached to an aromatic ring is 1. The van der Waals surface area contributed by atoms with Gasteiger partial charge in [0.15, 0.2) is 0 Å². The predicted molar refractivity (Wildman–Crippen MR) is 70.8 cm³/mol. The lowest BCUT2D eigenvalue weighted by atomic mass is 9.91. The van der Waals surface area contributed by atoms with Crippen LogP contribution in [0.3, 0.4) is 0 Å². The molecule has 2 rings (SSSR count). The number of Topliss-reactive ketones (excluding diaryl/α,β-unsaturated/α-hetero) is 1. The number of ketones is 1. The van der Waals surface area contributed by atoms with Crippen LogP contribution in [0.1, 0.15) is 44.1 Å². The monoisotopic (exact) mass is 231 g/mol. The van der Waals surface area contributed by atoms with E-state index in [2.05, 4.69) is 0 Å². The lowest BCUT2D eigenvalue weighted by Gasteiger charge is -2.12. The summed E-state index contributed by atoms with van der Waals surface area (Å²) in [6, 6.07) is 7.67. The van der Waals surface area contributed by atoms with Gasteiger partial charge in [-0.05, 0) is 30.5 Å². The van der Waals surface area contributed by atoms with E-state index in [-0.39, 0.29) is 0 Å². The summed E-state index contributed by atoms with van der Waals surface area (Å²) in [4.78, 5) is 12.2. The van der Waals surface area contributed by atoms with Crippen LogP contribution >= 0.6 is 0 Å². The van der Waals surface area contributed by atoms with E-state index < -0.39 is 0 Å². The normalized spacial score (nSPS) is 17.6. The van der Waals surface area contributed by atoms with Gasteiger partial charge in [-0.3, -0.25) is 4.79 Å². The second-order valence-corrected chi connectivity index (χ2v) is 5.07. The number of rotatable bonds is 3. The number of benzene rings is 1. The minimum atomic E-state index is 0.301. The van der Waals surface area contributed by atoms with Crippen molar-refractivity contribution >= 4 is 11.5 Å². The fraction of sp³-hybridized carbons (Fsp3) is 0.533. The molecule has 1 aromatic rings. The molecule has 1 saturated carbocycles. The maximum atomic E-state index is 12.2. The summed E-state index contributed by atoms with van der Waals surface area (Å²) < 4.78 is 0. The van der Waals surface area contributed by atoms with Crippen molar-refractivity contribution in [3.8, 4) is 0 Å². The number of hydrogen-bond acceptors (Lipinski definition) is 2. The van der Waals surface area contributed by atoms with Crippen LogP contribution in [-0.4, -0.2) is 5.78 Å². The molecule has 0 spiro atoms. The van der Waals surface area contributed by atoms with Gasteiger partial charge in [0.05, 0.1) is 0 Å². The van der Waals surface area contributed by atoms with Crippen molar-refractivity contribution in [2.45, 2.75) is 44.9 Å². The van der Waals surface area contributed by atoms with E-state index >= 15 is 0 Å². The lowest BCUT2D eigenvalue weighted by Crippen LogP contribution is -2.16. The van der Waals surface area contributed by atoms with Crippen LogP contribution in [0.5, 0.6) is 0 Å². The van der Waals surface area contributed by atoms with Gasteiger partial charge in [0, 0.05) is 18.0 Å². The molecule has 0 saturated heterocycles. The maximum absolute atomic E-state index is 12.2. The van der Waals surface area contributed by atoms with Crippen molar-refractivity contribution in [3.05, 3.63) is 29.8 Å². The molecule has 0 aliphatic heterocycles. The van der Waals surface area contributed by atoms with Crippen molar-refractivity contribution < 1.29 is 4.79 Å². The molecule has 0 bridgehead atoms. The summed E-state index contributed by atoms with van der Waals surface area (Å²) in [7, 11) is 0. The first-order chi connectivity index (χ1) is 8.25. The van der Waals surface area contributed by atoms with Gasteiger partial charge in [-0.2, -0.15) is 0 Å². The number of anilines is 1. The molecule has 2 heteroatoms. The Bertz CT molecular complexity index is 361. The molecule has 0 aromatic heterocycles. The summed E-state index contributed by atoms with van der Waals surface area (Å²) in [5, 5.41) is 0. The molecule has 92 valence electrons. The minimum absolute atomic E-state index is 0.301. The third-order valence-electron chi connectivity index (χ3n) is 3.67. The molecule has 0 amide bonds. The van der Waals surface area contributed by atoms with Crippen molar-refractivity contribution in [1.29, 1.82) is 0 Å². The van der Waals surface area contributed by atoms with E-state index in [4.69, 9.17) is 5.73 Å². The fourth-order valence-corrected chi connectivity index (χ4v) is 2.58. The van der Waals surface area contributed by atoms with Crippen LogP contribution < -0.4 is 5.73 Å². The third-order valence-corrected chi connectivity index (χ3v) is 3.67. The number of carbonyl (C=O) groups is 1. The van der Waals surface area contributed by atoms with Crippen molar-refractivity contribution in [2.24, 2.45) is 5.92 Å². The molecule has 2 N–H and O–H groups in total. The van der Waals surface area contributed by atoms with Crippen LogP contribution in [-0.2, 0) is 11.2 Å². The Balaban J connectivity index is 1.93. The predicted octanol–water partition coefficient (Wildman–Crippen LogP) is 3.35.